The Labute approximate surface area is 263 Å². The Hall–Kier alpha value is -3.20. The molecule has 236 valence electrons. The topological polar surface area (TPSA) is 136 Å². The van der Waals surface area contributed by atoms with Gasteiger partial charge >= 0.3 is 0 Å². The van der Waals surface area contributed by atoms with Crippen LogP contribution >= 0.6 is 11.8 Å². The van der Waals surface area contributed by atoms with Crippen LogP contribution in [0.1, 0.15) is 39.1 Å². The van der Waals surface area contributed by atoms with Gasteiger partial charge < -0.3 is 30.1 Å². The van der Waals surface area contributed by atoms with Gasteiger partial charge in [-0.1, -0.05) is 57.2 Å². The number of carbonyl (C=O) groups excluding carboxylic acids is 1. The van der Waals surface area contributed by atoms with Crippen molar-refractivity contribution in [2.75, 3.05) is 29.0 Å². The van der Waals surface area contributed by atoms with E-state index in [1.807, 2.05) is 42.7 Å². The molecule has 4 atom stereocenters. The number of fused-ring (bicyclic) bond motifs is 1. The summed E-state index contributed by atoms with van der Waals surface area (Å²) in [4.78, 5) is 24.4. The van der Waals surface area contributed by atoms with E-state index in [0.29, 0.717) is 36.2 Å². The standard InChI is InChI=1S/C31H42N6O5SSi/c1-30(2,3)44(5,6)41-18-24-23(40-20-43-4)17-25(42-24)36-19-33-26-27(36)34-29(32)35-31(26,39)28(38)37(21-13-9-7-10-14-21)22-15-11-8-12-16-22/h7-16,19,23-25,39H,17-18,20H2,1-6H3,(H3,32,34,35)/t23-,24+,25+,31?/m0/s1. The molecule has 1 amide bonds. The van der Waals surface area contributed by atoms with Gasteiger partial charge in [0.15, 0.2) is 14.3 Å². The summed E-state index contributed by atoms with van der Waals surface area (Å²) in [5.41, 5.74) is 4.95. The zero-order valence-corrected chi connectivity index (χ0v) is 27.9. The zero-order chi connectivity index (χ0) is 31.7. The Morgan fingerprint density at radius 3 is 2.36 bits per heavy atom. The third kappa shape index (κ3) is 6.30. The summed E-state index contributed by atoms with van der Waals surface area (Å²) in [5, 5.41) is 15.1. The predicted molar refractivity (Wildman–Crippen MR) is 176 cm³/mol. The molecule has 2 aliphatic rings. The molecule has 3 aromatic rings. The van der Waals surface area contributed by atoms with Crippen LogP contribution in [0.15, 0.2) is 72.0 Å². The van der Waals surface area contributed by atoms with Gasteiger partial charge in [0.2, 0.25) is 0 Å². The van der Waals surface area contributed by atoms with Gasteiger partial charge in [-0.25, -0.2) is 9.98 Å². The lowest BCUT2D eigenvalue weighted by Crippen LogP contribution is -2.49. The average Bonchev–Trinajstić information content (AvgIpc) is 3.60. The van der Waals surface area contributed by atoms with Gasteiger partial charge in [0.05, 0.1) is 25.0 Å². The largest absolute Gasteiger partial charge is 0.414 e. The number of aromatic nitrogens is 2. The highest BCUT2D eigenvalue weighted by atomic mass is 32.2. The molecular formula is C31H42N6O5SSi. The smallest absolute Gasteiger partial charge is 0.293 e. The van der Waals surface area contributed by atoms with Crippen LogP contribution in [0.5, 0.6) is 0 Å². The minimum atomic E-state index is -2.40. The number of para-hydroxylation sites is 2. The summed E-state index contributed by atoms with van der Waals surface area (Å²) in [6.07, 6.45) is 2.98. The lowest BCUT2D eigenvalue weighted by atomic mass is 10.1. The summed E-state index contributed by atoms with van der Waals surface area (Å²) in [6, 6.07) is 18.1. The molecule has 11 nitrogen and oxygen atoms in total. The van der Waals surface area contributed by atoms with Gasteiger partial charge in [-0.2, -0.15) is 0 Å². The van der Waals surface area contributed by atoms with E-state index >= 15 is 0 Å². The Balaban J connectivity index is 1.46. The second-order valence-corrected chi connectivity index (χ2v) is 18.1. The minimum Gasteiger partial charge on any atom is -0.414 e. The van der Waals surface area contributed by atoms with Crippen LogP contribution in [0.3, 0.4) is 0 Å². The molecule has 0 bridgehead atoms. The summed E-state index contributed by atoms with van der Waals surface area (Å²) in [7, 11) is -2.03. The quantitative estimate of drug-likeness (QED) is 0.203. The highest BCUT2D eigenvalue weighted by Gasteiger charge is 2.50. The summed E-state index contributed by atoms with van der Waals surface area (Å²) < 4.78 is 21.0. The van der Waals surface area contributed by atoms with Crippen molar-refractivity contribution in [2.45, 2.75) is 69.5 Å². The summed E-state index contributed by atoms with van der Waals surface area (Å²) in [6.45, 7) is 11.4. The van der Waals surface area contributed by atoms with Gasteiger partial charge in [0, 0.05) is 17.8 Å². The number of carbonyl (C=O) groups is 1. The number of aliphatic hydroxyl groups is 1. The molecular weight excluding hydrogens is 597 g/mol. The van der Waals surface area contributed by atoms with Crippen molar-refractivity contribution >= 4 is 49.1 Å². The van der Waals surface area contributed by atoms with E-state index in [1.165, 1.54) is 11.2 Å². The Kier molecular flexibility index (Phi) is 9.26. The Bertz CT molecular complexity index is 1440. The fourth-order valence-corrected chi connectivity index (χ4v) is 6.36. The molecule has 0 saturated carbocycles. The van der Waals surface area contributed by atoms with Crippen molar-refractivity contribution in [2.24, 2.45) is 10.7 Å². The maximum absolute atomic E-state index is 14.3. The molecule has 2 aromatic carbocycles. The number of hydrogen-bond donors (Lipinski definition) is 3. The minimum absolute atomic E-state index is 0.0275. The Morgan fingerprint density at radius 1 is 1.18 bits per heavy atom. The maximum Gasteiger partial charge on any atom is 0.293 e. The first-order chi connectivity index (χ1) is 20.9. The lowest BCUT2D eigenvalue weighted by Gasteiger charge is -2.37. The monoisotopic (exact) mass is 638 g/mol. The number of benzene rings is 2. The van der Waals surface area contributed by atoms with Gasteiger partial charge in [0.25, 0.3) is 11.6 Å². The number of nitrogens with one attached hydrogen (secondary N) is 1. The van der Waals surface area contributed by atoms with Crippen molar-refractivity contribution in [3.63, 3.8) is 0 Å². The third-order valence-electron chi connectivity index (χ3n) is 8.49. The number of aliphatic imine (C=N–C) groups is 1. The van der Waals surface area contributed by atoms with Gasteiger partial charge in [0.1, 0.15) is 23.8 Å². The molecule has 1 saturated heterocycles. The molecule has 1 fully saturated rings. The van der Waals surface area contributed by atoms with E-state index in [1.54, 1.807) is 40.6 Å². The fraction of sp³-hybridized carbons (Fsp3) is 0.452. The molecule has 0 spiro atoms. The molecule has 5 rings (SSSR count). The van der Waals surface area contributed by atoms with Crippen LogP contribution < -0.4 is 16.0 Å². The average molecular weight is 639 g/mol. The zero-order valence-electron chi connectivity index (χ0n) is 26.1. The van der Waals surface area contributed by atoms with E-state index in [-0.39, 0.29) is 28.9 Å². The molecule has 1 unspecified atom stereocenters. The van der Waals surface area contributed by atoms with E-state index in [4.69, 9.17) is 19.6 Å². The highest BCUT2D eigenvalue weighted by Crippen LogP contribution is 2.42. The number of anilines is 3. The predicted octanol–water partition coefficient (Wildman–Crippen LogP) is 5.15. The van der Waals surface area contributed by atoms with Crippen LogP contribution in [0.4, 0.5) is 17.2 Å². The van der Waals surface area contributed by atoms with Crippen LogP contribution in [0.2, 0.25) is 18.1 Å². The first kappa shape index (κ1) is 32.2. The first-order valence-corrected chi connectivity index (χ1v) is 18.9. The molecule has 1 aromatic heterocycles. The molecule has 3 heterocycles. The molecule has 44 heavy (non-hydrogen) atoms. The number of guanidine groups is 1. The van der Waals surface area contributed by atoms with Gasteiger partial charge in [-0.15, -0.1) is 11.8 Å². The highest BCUT2D eigenvalue weighted by molar-refractivity contribution is 7.98. The molecule has 0 radical (unpaired) electrons. The number of imidazole rings is 1. The van der Waals surface area contributed by atoms with Crippen LogP contribution in [0.25, 0.3) is 0 Å². The maximum atomic E-state index is 14.3. The molecule has 0 aliphatic carbocycles. The van der Waals surface area contributed by atoms with Crippen molar-refractivity contribution < 1.29 is 23.8 Å². The number of nitrogens with zero attached hydrogens (tertiary/aromatic N) is 4. The van der Waals surface area contributed by atoms with E-state index in [2.05, 4.69) is 49.2 Å². The van der Waals surface area contributed by atoms with E-state index < -0.39 is 26.2 Å². The van der Waals surface area contributed by atoms with Gasteiger partial charge in [-0.3, -0.25) is 14.3 Å². The lowest BCUT2D eigenvalue weighted by molar-refractivity contribution is -0.136. The van der Waals surface area contributed by atoms with E-state index in [9.17, 15) is 9.90 Å². The number of nitrogens with two attached hydrogens (primary N) is 1. The molecule has 13 heteroatoms. The van der Waals surface area contributed by atoms with E-state index in [0.717, 1.165) is 0 Å². The second kappa shape index (κ2) is 12.7. The van der Waals surface area contributed by atoms with Crippen LogP contribution in [-0.2, 0) is 24.4 Å². The van der Waals surface area contributed by atoms with Crippen molar-refractivity contribution in [3.8, 4) is 0 Å². The second-order valence-electron chi connectivity index (χ2n) is 12.5. The number of thioether (sulfide) groups is 1. The summed E-state index contributed by atoms with van der Waals surface area (Å²) in [5.74, 6) is -0.00324. The van der Waals surface area contributed by atoms with Crippen molar-refractivity contribution in [1.29, 1.82) is 0 Å². The van der Waals surface area contributed by atoms with Crippen LogP contribution in [-0.4, -0.2) is 65.9 Å². The van der Waals surface area contributed by atoms with Crippen LogP contribution in [0, 0.1) is 0 Å². The normalized spacial score (nSPS) is 23.5. The molecule has 2 aliphatic heterocycles. The third-order valence-corrected chi connectivity index (χ3v) is 13.4. The molecule has 4 N–H and O–H groups in total. The number of rotatable bonds is 10. The number of amides is 1. The summed E-state index contributed by atoms with van der Waals surface area (Å²) >= 11 is 1.59. The van der Waals surface area contributed by atoms with Crippen molar-refractivity contribution in [1.82, 2.24) is 9.55 Å². The number of ether oxygens (including phenoxy) is 2. The SMILES string of the molecule is CSCO[C@H]1C[C@H](n2cnc3c2NC(N)=NC3(O)C(=O)N(c2ccccc2)c2ccccc2)O[C@@H]1CO[Si](C)(C)C(C)(C)C. The first-order valence-electron chi connectivity index (χ1n) is 14.6. The van der Waals surface area contributed by atoms with Gasteiger partial charge in [-0.05, 0) is 48.7 Å². The Morgan fingerprint density at radius 2 is 1.80 bits per heavy atom. The fourth-order valence-electron chi connectivity index (χ4n) is 5.04. The van der Waals surface area contributed by atoms with Crippen molar-refractivity contribution in [3.05, 3.63) is 72.7 Å². The number of hydrogen-bond acceptors (Lipinski definition) is 10.